The van der Waals surface area contributed by atoms with Crippen LogP contribution in [0.4, 0.5) is 5.69 Å². The average Bonchev–Trinajstić information content (AvgIpc) is 2.94. The highest BCUT2D eigenvalue weighted by molar-refractivity contribution is 6.33. The van der Waals surface area contributed by atoms with Crippen molar-refractivity contribution in [2.24, 2.45) is 4.99 Å². The largest absolute Gasteiger partial charge is 0.507 e. The van der Waals surface area contributed by atoms with Crippen molar-refractivity contribution in [1.29, 1.82) is 0 Å². The van der Waals surface area contributed by atoms with Gasteiger partial charge in [-0.1, -0.05) is 11.6 Å². The molecule has 0 radical (unpaired) electrons. The van der Waals surface area contributed by atoms with Crippen molar-refractivity contribution in [2.45, 2.75) is 13.8 Å². The first-order valence-electron chi connectivity index (χ1n) is 8.51. The number of nitrogens with zero attached hydrogens (tertiary/aromatic N) is 2. The number of rotatable bonds is 5. The van der Waals surface area contributed by atoms with Crippen molar-refractivity contribution >= 4 is 35.4 Å². The Morgan fingerprint density at radius 3 is 2.34 bits per heavy atom. The molecule has 1 heterocycles. The highest BCUT2D eigenvalue weighted by Gasteiger charge is 2.14. The van der Waals surface area contributed by atoms with Crippen LogP contribution in [0.2, 0.25) is 5.02 Å². The molecule has 0 aliphatic rings. The van der Waals surface area contributed by atoms with Crippen molar-refractivity contribution in [2.75, 3.05) is 0 Å². The lowest BCUT2D eigenvalue weighted by molar-refractivity contribution is 0.0684. The molecule has 0 bridgehead atoms. The van der Waals surface area contributed by atoms with Crippen molar-refractivity contribution in [3.05, 3.63) is 75.6 Å². The summed E-state index contributed by atoms with van der Waals surface area (Å²) < 4.78 is 1.88. The molecular formula is C21H17ClN2O5. The van der Waals surface area contributed by atoms with Crippen molar-refractivity contribution in [3.8, 4) is 11.4 Å². The summed E-state index contributed by atoms with van der Waals surface area (Å²) in [6.07, 6.45) is 1.59. The SMILES string of the molecule is Cc1cc(C=Nc2ccc(O)c(C(=O)O)c2)c(C)n1-c1ccc(Cl)c(C(=O)O)c1. The van der Waals surface area contributed by atoms with Gasteiger partial charge in [0.15, 0.2) is 0 Å². The lowest BCUT2D eigenvalue weighted by Crippen LogP contribution is -2.03. The molecule has 1 aromatic heterocycles. The monoisotopic (exact) mass is 412 g/mol. The van der Waals surface area contributed by atoms with Crippen LogP contribution in [0.15, 0.2) is 47.5 Å². The number of hydrogen-bond acceptors (Lipinski definition) is 4. The van der Waals surface area contributed by atoms with E-state index in [4.69, 9.17) is 16.7 Å². The number of aromatic carboxylic acids is 2. The van der Waals surface area contributed by atoms with Crippen LogP contribution in [0.5, 0.6) is 5.75 Å². The van der Waals surface area contributed by atoms with Gasteiger partial charge in [0.2, 0.25) is 0 Å². The van der Waals surface area contributed by atoms with E-state index in [2.05, 4.69) is 4.99 Å². The van der Waals surface area contributed by atoms with E-state index >= 15 is 0 Å². The van der Waals surface area contributed by atoms with Gasteiger partial charge in [-0.05, 0) is 56.3 Å². The van der Waals surface area contributed by atoms with Crippen LogP contribution in [0, 0.1) is 13.8 Å². The molecule has 0 atom stereocenters. The molecule has 2 aromatic carbocycles. The fraction of sp³-hybridized carbons (Fsp3) is 0.0952. The summed E-state index contributed by atoms with van der Waals surface area (Å²) in [5, 5.41) is 28.2. The molecular weight excluding hydrogens is 396 g/mol. The number of benzene rings is 2. The Morgan fingerprint density at radius 2 is 1.69 bits per heavy atom. The molecule has 29 heavy (non-hydrogen) atoms. The second-order valence-electron chi connectivity index (χ2n) is 6.40. The number of aromatic hydroxyl groups is 1. The third-order valence-corrected chi connectivity index (χ3v) is 4.80. The second kappa shape index (κ2) is 7.81. The molecule has 0 aliphatic heterocycles. The lowest BCUT2D eigenvalue weighted by Gasteiger charge is -2.11. The Balaban J connectivity index is 2.00. The minimum Gasteiger partial charge on any atom is -0.507 e. The van der Waals surface area contributed by atoms with Gasteiger partial charge in [-0.2, -0.15) is 0 Å². The van der Waals surface area contributed by atoms with Gasteiger partial charge >= 0.3 is 11.9 Å². The maximum Gasteiger partial charge on any atom is 0.339 e. The van der Waals surface area contributed by atoms with Gasteiger partial charge in [-0.15, -0.1) is 0 Å². The zero-order valence-electron chi connectivity index (χ0n) is 15.5. The molecule has 0 aliphatic carbocycles. The van der Waals surface area contributed by atoms with Crippen LogP contribution in [-0.4, -0.2) is 38.0 Å². The van der Waals surface area contributed by atoms with E-state index in [0.29, 0.717) is 11.4 Å². The Morgan fingerprint density at radius 1 is 1.00 bits per heavy atom. The number of aliphatic imine (C=N–C) groups is 1. The highest BCUT2D eigenvalue weighted by Crippen LogP contribution is 2.26. The molecule has 8 heteroatoms. The van der Waals surface area contributed by atoms with Gasteiger partial charge in [0.1, 0.15) is 11.3 Å². The van der Waals surface area contributed by atoms with Gasteiger partial charge < -0.3 is 19.9 Å². The van der Waals surface area contributed by atoms with E-state index in [9.17, 15) is 19.8 Å². The first kappa shape index (κ1) is 20.2. The molecule has 7 nitrogen and oxygen atoms in total. The van der Waals surface area contributed by atoms with E-state index < -0.39 is 11.9 Å². The molecule has 0 unspecified atom stereocenters. The van der Waals surface area contributed by atoms with E-state index in [1.165, 1.54) is 30.3 Å². The van der Waals surface area contributed by atoms with Gasteiger partial charge in [0.05, 0.1) is 16.3 Å². The predicted molar refractivity (Wildman–Crippen MR) is 110 cm³/mol. The zero-order chi connectivity index (χ0) is 21.3. The minimum absolute atomic E-state index is 0.0113. The van der Waals surface area contributed by atoms with Crippen LogP contribution in [0.25, 0.3) is 5.69 Å². The summed E-state index contributed by atoms with van der Waals surface area (Å²) in [6.45, 7) is 3.74. The fourth-order valence-electron chi connectivity index (χ4n) is 3.05. The summed E-state index contributed by atoms with van der Waals surface area (Å²) in [5.41, 5.74) is 3.27. The van der Waals surface area contributed by atoms with Gasteiger partial charge in [-0.3, -0.25) is 4.99 Å². The van der Waals surface area contributed by atoms with Crippen molar-refractivity contribution in [3.63, 3.8) is 0 Å². The number of hydrogen-bond donors (Lipinski definition) is 3. The number of halogens is 1. The number of phenols is 1. The van der Waals surface area contributed by atoms with Crippen LogP contribution >= 0.6 is 11.6 Å². The van der Waals surface area contributed by atoms with Crippen LogP contribution < -0.4 is 0 Å². The summed E-state index contributed by atoms with van der Waals surface area (Å²) in [4.78, 5) is 26.8. The number of carboxylic acids is 2. The molecule has 148 valence electrons. The first-order chi connectivity index (χ1) is 13.7. The normalized spacial score (nSPS) is 11.1. The molecule has 0 spiro atoms. The third-order valence-electron chi connectivity index (χ3n) is 4.47. The van der Waals surface area contributed by atoms with Crippen molar-refractivity contribution < 1.29 is 24.9 Å². The Labute approximate surface area is 171 Å². The summed E-state index contributed by atoms with van der Waals surface area (Å²) in [5.74, 6) is -2.68. The van der Waals surface area contributed by atoms with E-state index in [0.717, 1.165) is 17.0 Å². The topological polar surface area (TPSA) is 112 Å². The van der Waals surface area contributed by atoms with Gasteiger partial charge in [0, 0.05) is 28.9 Å². The maximum atomic E-state index is 11.4. The maximum absolute atomic E-state index is 11.4. The predicted octanol–water partition coefficient (Wildman–Crippen LogP) is 4.60. The molecule has 0 saturated carbocycles. The Bertz CT molecular complexity index is 1160. The first-order valence-corrected chi connectivity index (χ1v) is 8.89. The summed E-state index contributed by atoms with van der Waals surface area (Å²) in [7, 11) is 0. The Hall–Kier alpha value is -3.58. The second-order valence-corrected chi connectivity index (χ2v) is 6.80. The Kier molecular flexibility index (Phi) is 5.43. The molecule has 0 saturated heterocycles. The number of carbonyl (C=O) groups is 2. The summed E-state index contributed by atoms with van der Waals surface area (Å²) in [6, 6.07) is 10.7. The third kappa shape index (κ3) is 4.00. The highest BCUT2D eigenvalue weighted by atomic mass is 35.5. The quantitative estimate of drug-likeness (QED) is 0.530. The van der Waals surface area contributed by atoms with E-state index in [-0.39, 0.29) is 21.9 Å². The van der Waals surface area contributed by atoms with Crippen molar-refractivity contribution in [1.82, 2.24) is 4.57 Å². The number of aromatic nitrogens is 1. The van der Waals surface area contributed by atoms with E-state index in [1.54, 1.807) is 12.3 Å². The molecule has 0 amide bonds. The number of aryl methyl sites for hydroxylation is 1. The van der Waals surface area contributed by atoms with Crippen LogP contribution in [0.1, 0.15) is 37.7 Å². The minimum atomic E-state index is -1.24. The summed E-state index contributed by atoms with van der Waals surface area (Å²) >= 11 is 5.96. The average molecular weight is 413 g/mol. The molecule has 3 N–H and O–H groups in total. The molecule has 3 aromatic rings. The standard InChI is InChI=1S/C21H17ClN2O5/c1-11-7-13(10-23-14-3-6-19(25)17(8-14)21(28)29)12(2)24(11)15-4-5-18(22)16(9-15)20(26)27/h3-10,25H,1-2H3,(H,26,27)(H,28,29). The molecule has 0 fully saturated rings. The van der Waals surface area contributed by atoms with Gasteiger partial charge in [-0.25, -0.2) is 9.59 Å². The van der Waals surface area contributed by atoms with Crippen LogP contribution in [-0.2, 0) is 0 Å². The van der Waals surface area contributed by atoms with Crippen LogP contribution in [0.3, 0.4) is 0 Å². The number of carboxylic acid groups (broad SMARTS) is 2. The smallest absolute Gasteiger partial charge is 0.339 e. The van der Waals surface area contributed by atoms with Gasteiger partial charge in [0.25, 0.3) is 0 Å². The van der Waals surface area contributed by atoms with E-state index in [1.807, 2.05) is 24.5 Å². The fourth-order valence-corrected chi connectivity index (χ4v) is 3.25. The lowest BCUT2D eigenvalue weighted by atomic mass is 10.2. The zero-order valence-corrected chi connectivity index (χ0v) is 16.3. The molecule has 3 rings (SSSR count).